The summed E-state index contributed by atoms with van der Waals surface area (Å²) in [6.07, 6.45) is 6.36. The molecule has 0 aliphatic carbocycles. The average molecular weight is 548 g/mol. The van der Waals surface area contributed by atoms with E-state index in [1.165, 1.54) is 0 Å². The van der Waals surface area contributed by atoms with Crippen LogP contribution >= 0.6 is 0 Å². The van der Waals surface area contributed by atoms with Crippen LogP contribution in [0.4, 0.5) is 4.79 Å². The molecule has 3 atom stereocenters. The molecule has 0 aliphatic heterocycles. The number of carbonyl (C=O) groups excluding carboxylic acids is 3. The van der Waals surface area contributed by atoms with E-state index in [0.717, 1.165) is 5.56 Å². The molecule has 40 heavy (non-hydrogen) atoms. The summed E-state index contributed by atoms with van der Waals surface area (Å²) in [7, 11) is 0. The zero-order chi connectivity index (χ0) is 30.1. The third kappa shape index (κ3) is 8.61. The van der Waals surface area contributed by atoms with Gasteiger partial charge in [-0.25, -0.2) is 4.79 Å². The first-order chi connectivity index (χ1) is 18.8. The van der Waals surface area contributed by atoms with Gasteiger partial charge in [-0.3, -0.25) is 9.59 Å². The summed E-state index contributed by atoms with van der Waals surface area (Å²) in [6, 6.07) is 14.8. The standard InChI is InChI=1S/C33H45N3O4/c1-10-23(4)27(35-31(39)40-32(5,6)7)30(38)36(33(8,9)12-3)28(26-21-17-16-20-25(26)11-2)29(37)34-22-24-18-14-13-15-19-24/h2,13-21,23,27-28H,10,12,22H2,1,3-9H3,(H,34,37)(H,35,39). The summed E-state index contributed by atoms with van der Waals surface area (Å²) < 4.78 is 5.49. The van der Waals surface area contributed by atoms with Crippen molar-refractivity contribution < 1.29 is 19.1 Å². The minimum Gasteiger partial charge on any atom is -0.444 e. The zero-order valence-electron chi connectivity index (χ0n) is 25.2. The van der Waals surface area contributed by atoms with E-state index in [-0.39, 0.29) is 24.3 Å². The SMILES string of the molecule is C#Cc1ccccc1C(C(=O)NCc1ccccc1)N(C(=O)C(NC(=O)OC(C)(C)C)C(C)CC)C(C)(C)CC. The number of benzene rings is 2. The molecule has 7 nitrogen and oxygen atoms in total. The molecule has 0 radical (unpaired) electrons. The summed E-state index contributed by atoms with van der Waals surface area (Å²) in [5, 5.41) is 5.83. The molecular formula is C33H45N3O4. The Labute approximate surface area is 240 Å². The average Bonchev–Trinajstić information content (AvgIpc) is 2.92. The van der Waals surface area contributed by atoms with Crippen molar-refractivity contribution >= 4 is 17.9 Å². The minimum absolute atomic E-state index is 0.230. The van der Waals surface area contributed by atoms with Gasteiger partial charge in [0, 0.05) is 17.6 Å². The van der Waals surface area contributed by atoms with Crippen LogP contribution in [0.2, 0.25) is 0 Å². The van der Waals surface area contributed by atoms with E-state index in [0.29, 0.717) is 24.0 Å². The van der Waals surface area contributed by atoms with Crippen molar-refractivity contribution in [1.82, 2.24) is 15.5 Å². The maximum Gasteiger partial charge on any atom is 0.408 e. The summed E-state index contributed by atoms with van der Waals surface area (Å²) in [5.74, 6) is 1.72. The Morgan fingerprint density at radius 2 is 1.57 bits per heavy atom. The fourth-order valence-corrected chi connectivity index (χ4v) is 4.36. The lowest BCUT2D eigenvalue weighted by atomic mass is 9.88. The van der Waals surface area contributed by atoms with Crippen molar-refractivity contribution in [2.24, 2.45) is 5.92 Å². The number of alkyl carbamates (subject to hydrolysis) is 1. The Kier molecular flexibility index (Phi) is 11.4. The summed E-state index contributed by atoms with van der Waals surface area (Å²) in [5.41, 5.74) is 0.491. The molecule has 0 aliphatic rings. The number of hydrogen-bond donors (Lipinski definition) is 2. The smallest absolute Gasteiger partial charge is 0.408 e. The monoisotopic (exact) mass is 547 g/mol. The fourth-order valence-electron chi connectivity index (χ4n) is 4.36. The number of rotatable bonds is 11. The molecular weight excluding hydrogens is 502 g/mol. The van der Waals surface area contributed by atoms with E-state index < -0.39 is 29.3 Å². The van der Waals surface area contributed by atoms with Gasteiger partial charge in [0.2, 0.25) is 11.8 Å². The Morgan fingerprint density at radius 1 is 0.975 bits per heavy atom. The van der Waals surface area contributed by atoms with Crippen molar-refractivity contribution in [3.05, 3.63) is 71.3 Å². The summed E-state index contributed by atoms with van der Waals surface area (Å²) in [4.78, 5) is 43.1. The highest BCUT2D eigenvalue weighted by Crippen LogP contribution is 2.34. The molecule has 0 fully saturated rings. The first kappa shape index (κ1) is 32.4. The lowest BCUT2D eigenvalue weighted by molar-refractivity contribution is -0.150. The Hall–Kier alpha value is -3.79. The zero-order valence-corrected chi connectivity index (χ0v) is 25.2. The van der Waals surface area contributed by atoms with Crippen LogP contribution in [-0.2, 0) is 20.9 Å². The van der Waals surface area contributed by atoms with E-state index in [2.05, 4.69) is 16.6 Å². The number of nitrogens with one attached hydrogen (secondary N) is 2. The number of terminal acetylenes is 1. The molecule has 0 saturated heterocycles. The van der Waals surface area contributed by atoms with Gasteiger partial charge >= 0.3 is 6.09 Å². The number of nitrogens with zero attached hydrogens (tertiary/aromatic N) is 1. The molecule has 0 saturated carbocycles. The van der Waals surface area contributed by atoms with E-state index in [1.54, 1.807) is 49.9 Å². The molecule has 0 spiro atoms. The largest absolute Gasteiger partial charge is 0.444 e. The van der Waals surface area contributed by atoms with Crippen LogP contribution in [-0.4, -0.2) is 40.0 Å². The Balaban J connectivity index is 2.65. The topological polar surface area (TPSA) is 87.7 Å². The molecule has 0 aromatic heterocycles. The second kappa shape index (κ2) is 14.0. The van der Waals surface area contributed by atoms with Crippen LogP contribution in [0.3, 0.4) is 0 Å². The van der Waals surface area contributed by atoms with Gasteiger partial charge in [-0.1, -0.05) is 81.6 Å². The molecule has 0 heterocycles. The summed E-state index contributed by atoms with van der Waals surface area (Å²) in [6.45, 7) is 15.2. The lowest BCUT2D eigenvalue weighted by Crippen LogP contribution is -2.60. The molecule has 2 aromatic carbocycles. The van der Waals surface area contributed by atoms with Crippen molar-refractivity contribution in [2.45, 2.75) is 98.0 Å². The van der Waals surface area contributed by atoms with Gasteiger partial charge in [0.25, 0.3) is 0 Å². The molecule has 3 unspecified atom stereocenters. The molecule has 2 rings (SSSR count). The van der Waals surface area contributed by atoms with Crippen LogP contribution in [0.1, 0.15) is 91.0 Å². The summed E-state index contributed by atoms with van der Waals surface area (Å²) >= 11 is 0. The van der Waals surface area contributed by atoms with Gasteiger partial charge < -0.3 is 20.3 Å². The molecule has 0 bridgehead atoms. The number of amides is 3. The van der Waals surface area contributed by atoms with Crippen LogP contribution in [0.5, 0.6) is 0 Å². The van der Waals surface area contributed by atoms with Crippen LogP contribution < -0.4 is 10.6 Å². The van der Waals surface area contributed by atoms with Crippen molar-refractivity contribution in [1.29, 1.82) is 0 Å². The Morgan fingerprint density at radius 3 is 2.12 bits per heavy atom. The fraction of sp³-hybridized carbons (Fsp3) is 0.485. The second-order valence-corrected chi connectivity index (χ2v) is 11.7. The number of hydrogen-bond acceptors (Lipinski definition) is 4. The molecule has 2 N–H and O–H groups in total. The van der Waals surface area contributed by atoms with Crippen molar-refractivity contribution in [3.63, 3.8) is 0 Å². The third-order valence-electron chi connectivity index (χ3n) is 7.13. The third-order valence-corrected chi connectivity index (χ3v) is 7.13. The van der Waals surface area contributed by atoms with E-state index in [1.807, 2.05) is 65.0 Å². The quantitative estimate of drug-likeness (QED) is 0.339. The van der Waals surface area contributed by atoms with Crippen LogP contribution in [0.25, 0.3) is 0 Å². The normalized spacial score (nSPS) is 13.8. The highest BCUT2D eigenvalue weighted by Gasteiger charge is 2.44. The molecule has 7 heteroatoms. The van der Waals surface area contributed by atoms with Crippen molar-refractivity contribution in [3.8, 4) is 12.3 Å². The maximum absolute atomic E-state index is 14.6. The lowest BCUT2D eigenvalue weighted by Gasteiger charge is -2.45. The highest BCUT2D eigenvalue weighted by atomic mass is 16.6. The molecule has 2 aromatic rings. The van der Waals surface area contributed by atoms with Crippen molar-refractivity contribution in [2.75, 3.05) is 0 Å². The van der Waals surface area contributed by atoms with Gasteiger partial charge in [-0.15, -0.1) is 6.42 Å². The maximum atomic E-state index is 14.6. The van der Waals surface area contributed by atoms with Crippen LogP contribution in [0.15, 0.2) is 54.6 Å². The minimum atomic E-state index is -1.04. The van der Waals surface area contributed by atoms with Gasteiger partial charge in [-0.05, 0) is 64.2 Å². The predicted octanol–water partition coefficient (Wildman–Crippen LogP) is 5.98. The number of ether oxygens (including phenoxy) is 1. The van der Waals surface area contributed by atoms with Gasteiger partial charge in [0.15, 0.2) is 0 Å². The second-order valence-electron chi connectivity index (χ2n) is 11.7. The van der Waals surface area contributed by atoms with Crippen LogP contribution in [0, 0.1) is 18.3 Å². The van der Waals surface area contributed by atoms with Gasteiger partial charge in [0.05, 0.1) is 0 Å². The number of carbonyl (C=O) groups is 3. The van der Waals surface area contributed by atoms with E-state index in [4.69, 9.17) is 11.2 Å². The molecule has 3 amide bonds. The van der Waals surface area contributed by atoms with Gasteiger partial charge in [-0.2, -0.15) is 0 Å². The van der Waals surface area contributed by atoms with Gasteiger partial charge in [0.1, 0.15) is 17.7 Å². The Bertz CT molecular complexity index is 1190. The first-order valence-corrected chi connectivity index (χ1v) is 14.0. The van der Waals surface area contributed by atoms with E-state index >= 15 is 0 Å². The predicted molar refractivity (Wildman–Crippen MR) is 159 cm³/mol. The van der Waals surface area contributed by atoms with E-state index in [9.17, 15) is 14.4 Å². The molecule has 216 valence electrons. The first-order valence-electron chi connectivity index (χ1n) is 14.0. The highest BCUT2D eigenvalue weighted by molar-refractivity contribution is 5.93.